The van der Waals surface area contributed by atoms with Gasteiger partial charge in [-0.3, -0.25) is 0 Å². The van der Waals surface area contributed by atoms with Gasteiger partial charge in [-0.25, -0.2) is 0 Å². The van der Waals surface area contributed by atoms with Crippen LogP contribution in [0, 0.1) is 20.8 Å². The molecular formula is C21H20. The molecule has 104 valence electrons. The molecule has 0 aliphatic carbocycles. The molecule has 3 aromatic rings. The van der Waals surface area contributed by atoms with E-state index < -0.39 is 0 Å². The van der Waals surface area contributed by atoms with Crippen molar-refractivity contribution in [2.45, 2.75) is 20.8 Å². The van der Waals surface area contributed by atoms with E-state index in [2.05, 4.69) is 87.5 Å². The smallest absolute Gasteiger partial charge is 0.0178 e. The predicted molar refractivity (Wildman–Crippen MR) is 93.5 cm³/mol. The monoisotopic (exact) mass is 272 g/mol. The summed E-state index contributed by atoms with van der Waals surface area (Å²) in [5, 5.41) is 2.60. The summed E-state index contributed by atoms with van der Waals surface area (Å²) >= 11 is 0. The highest BCUT2D eigenvalue weighted by Crippen LogP contribution is 2.22. The summed E-state index contributed by atoms with van der Waals surface area (Å²) in [7, 11) is 0. The lowest BCUT2D eigenvalue weighted by atomic mass is 9.99. The van der Waals surface area contributed by atoms with E-state index >= 15 is 0 Å². The Kier molecular flexibility index (Phi) is 3.62. The first-order valence-corrected chi connectivity index (χ1v) is 7.39. The second kappa shape index (κ2) is 5.57. The molecule has 0 fully saturated rings. The van der Waals surface area contributed by atoms with Crippen LogP contribution >= 0.6 is 0 Å². The second-order valence-corrected chi connectivity index (χ2v) is 5.68. The minimum absolute atomic E-state index is 1.29. The van der Waals surface area contributed by atoms with Gasteiger partial charge in [-0.15, -0.1) is 0 Å². The van der Waals surface area contributed by atoms with Crippen molar-refractivity contribution in [3.63, 3.8) is 0 Å². The van der Waals surface area contributed by atoms with Crippen LogP contribution in [0.1, 0.15) is 27.8 Å². The fourth-order valence-corrected chi connectivity index (χ4v) is 2.69. The number of hydrogen-bond acceptors (Lipinski definition) is 0. The molecule has 0 bridgehead atoms. The zero-order valence-corrected chi connectivity index (χ0v) is 12.9. The van der Waals surface area contributed by atoms with E-state index in [1.54, 1.807) is 0 Å². The topological polar surface area (TPSA) is 0 Å². The van der Waals surface area contributed by atoms with Crippen molar-refractivity contribution < 1.29 is 0 Å². The number of hydrogen-bond donors (Lipinski definition) is 0. The van der Waals surface area contributed by atoms with E-state index in [0.717, 1.165) is 0 Å². The van der Waals surface area contributed by atoms with Gasteiger partial charge in [-0.05, 0) is 65.4 Å². The fourth-order valence-electron chi connectivity index (χ4n) is 2.69. The summed E-state index contributed by atoms with van der Waals surface area (Å²) in [6.45, 7) is 6.52. The van der Waals surface area contributed by atoms with Crippen molar-refractivity contribution in [1.29, 1.82) is 0 Å². The Labute approximate surface area is 126 Å². The van der Waals surface area contributed by atoms with Gasteiger partial charge in [0.05, 0.1) is 0 Å². The minimum Gasteiger partial charge on any atom is -0.0616 e. The van der Waals surface area contributed by atoms with Crippen LogP contribution in [0.25, 0.3) is 22.9 Å². The van der Waals surface area contributed by atoms with Crippen LogP contribution in [0.3, 0.4) is 0 Å². The Hall–Kier alpha value is -2.34. The first-order chi connectivity index (χ1) is 10.1. The third-order valence-electron chi connectivity index (χ3n) is 4.22. The fraction of sp³-hybridized carbons (Fsp3) is 0.143. The van der Waals surface area contributed by atoms with Crippen molar-refractivity contribution in [1.82, 2.24) is 0 Å². The van der Waals surface area contributed by atoms with Crippen molar-refractivity contribution in [3.05, 3.63) is 82.4 Å². The molecule has 0 heterocycles. The molecule has 0 saturated carbocycles. The summed E-state index contributed by atoms with van der Waals surface area (Å²) in [6.07, 6.45) is 4.45. The van der Waals surface area contributed by atoms with Crippen LogP contribution in [0.4, 0.5) is 0 Å². The van der Waals surface area contributed by atoms with Crippen molar-refractivity contribution >= 4 is 22.9 Å². The first-order valence-electron chi connectivity index (χ1n) is 7.39. The van der Waals surface area contributed by atoms with E-state index in [1.807, 2.05) is 0 Å². The minimum atomic E-state index is 1.29. The van der Waals surface area contributed by atoms with Crippen LogP contribution < -0.4 is 0 Å². The van der Waals surface area contributed by atoms with Crippen LogP contribution in [0.2, 0.25) is 0 Å². The van der Waals surface area contributed by atoms with Gasteiger partial charge in [-0.2, -0.15) is 0 Å². The Morgan fingerprint density at radius 3 is 2.05 bits per heavy atom. The number of aryl methyl sites for hydroxylation is 2. The van der Waals surface area contributed by atoms with Gasteiger partial charge >= 0.3 is 0 Å². The van der Waals surface area contributed by atoms with Crippen LogP contribution in [0.5, 0.6) is 0 Å². The third-order valence-corrected chi connectivity index (χ3v) is 4.22. The van der Waals surface area contributed by atoms with Crippen molar-refractivity contribution in [3.8, 4) is 0 Å². The molecule has 0 aliphatic rings. The average Bonchev–Trinajstić information content (AvgIpc) is 2.49. The lowest BCUT2D eigenvalue weighted by Crippen LogP contribution is -1.86. The molecule has 0 N–H and O–H groups in total. The van der Waals surface area contributed by atoms with Gasteiger partial charge in [0, 0.05) is 0 Å². The van der Waals surface area contributed by atoms with Gasteiger partial charge in [0.1, 0.15) is 0 Å². The maximum Gasteiger partial charge on any atom is -0.0178 e. The molecule has 0 heteroatoms. The molecule has 0 spiro atoms. The van der Waals surface area contributed by atoms with Gasteiger partial charge in [0.25, 0.3) is 0 Å². The van der Waals surface area contributed by atoms with Crippen LogP contribution in [-0.2, 0) is 0 Å². The standard InChI is InChI=1S/C21H20/c1-15-7-6-10-18(17(15)3)11-12-19-14-21-9-5-4-8-20(21)13-16(19)2/h4-14H,1-3H3/b12-11+. The summed E-state index contributed by atoms with van der Waals surface area (Å²) in [5.41, 5.74) is 6.59. The maximum absolute atomic E-state index is 2.27. The Morgan fingerprint density at radius 1 is 0.619 bits per heavy atom. The predicted octanol–water partition coefficient (Wildman–Crippen LogP) is 5.94. The van der Waals surface area contributed by atoms with E-state index in [1.165, 1.54) is 38.6 Å². The lowest BCUT2D eigenvalue weighted by Gasteiger charge is -2.06. The molecule has 0 atom stereocenters. The van der Waals surface area contributed by atoms with Crippen LogP contribution in [0.15, 0.2) is 54.6 Å². The van der Waals surface area contributed by atoms with Crippen LogP contribution in [-0.4, -0.2) is 0 Å². The summed E-state index contributed by atoms with van der Waals surface area (Å²) < 4.78 is 0. The Morgan fingerprint density at radius 2 is 1.29 bits per heavy atom. The Bertz CT molecular complexity index is 823. The molecule has 0 aliphatic heterocycles. The zero-order chi connectivity index (χ0) is 14.8. The molecule has 3 aromatic carbocycles. The molecular weight excluding hydrogens is 252 g/mol. The highest BCUT2D eigenvalue weighted by molar-refractivity contribution is 5.87. The quantitative estimate of drug-likeness (QED) is 0.507. The SMILES string of the molecule is Cc1cc2ccccc2cc1/C=C/c1cccc(C)c1C. The highest BCUT2D eigenvalue weighted by atomic mass is 14.0. The molecule has 0 nitrogen and oxygen atoms in total. The maximum atomic E-state index is 2.27. The summed E-state index contributed by atoms with van der Waals surface area (Å²) in [6, 6.07) is 19.5. The Balaban J connectivity index is 2.03. The lowest BCUT2D eigenvalue weighted by molar-refractivity contribution is 1.33. The molecule has 21 heavy (non-hydrogen) atoms. The van der Waals surface area contributed by atoms with Gasteiger partial charge in [0.2, 0.25) is 0 Å². The van der Waals surface area contributed by atoms with E-state index in [-0.39, 0.29) is 0 Å². The summed E-state index contributed by atoms with van der Waals surface area (Å²) in [5.74, 6) is 0. The average molecular weight is 272 g/mol. The second-order valence-electron chi connectivity index (χ2n) is 5.68. The molecule has 3 rings (SSSR count). The molecule has 0 aromatic heterocycles. The molecule has 0 unspecified atom stereocenters. The third kappa shape index (κ3) is 2.75. The molecule has 0 amide bonds. The molecule has 0 radical (unpaired) electrons. The van der Waals surface area contributed by atoms with Gasteiger partial charge in [0.15, 0.2) is 0 Å². The largest absolute Gasteiger partial charge is 0.0616 e. The van der Waals surface area contributed by atoms with Crippen molar-refractivity contribution in [2.75, 3.05) is 0 Å². The van der Waals surface area contributed by atoms with E-state index in [9.17, 15) is 0 Å². The van der Waals surface area contributed by atoms with Gasteiger partial charge < -0.3 is 0 Å². The normalized spacial score (nSPS) is 11.4. The summed E-state index contributed by atoms with van der Waals surface area (Å²) in [4.78, 5) is 0. The van der Waals surface area contributed by atoms with Crippen molar-refractivity contribution in [2.24, 2.45) is 0 Å². The van der Waals surface area contributed by atoms with E-state index in [0.29, 0.717) is 0 Å². The zero-order valence-electron chi connectivity index (χ0n) is 12.9. The molecule has 0 saturated heterocycles. The number of benzene rings is 3. The highest BCUT2D eigenvalue weighted by Gasteiger charge is 2.00. The number of fused-ring (bicyclic) bond motifs is 1. The first kappa shape index (κ1) is 13.6. The van der Waals surface area contributed by atoms with E-state index in [4.69, 9.17) is 0 Å². The van der Waals surface area contributed by atoms with Gasteiger partial charge in [-0.1, -0.05) is 60.7 Å². The number of rotatable bonds is 2.